The summed E-state index contributed by atoms with van der Waals surface area (Å²) in [4.78, 5) is 4.12. The van der Waals surface area contributed by atoms with Crippen LogP contribution in [0.5, 0.6) is 0 Å². The highest BCUT2D eigenvalue weighted by atomic mass is 19.1. The SMILES string of the molecule is Cc1cccc(CCF)n1. The molecule has 0 unspecified atom stereocenters. The fourth-order valence-corrected chi connectivity index (χ4v) is 0.836. The minimum absolute atomic E-state index is 0.323. The fourth-order valence-electron chi connectivity index (χ4n) is 0.836. The van der Waals surface area contributed by atoms with Crippen molar-refractivity contribution in [3.8, 4) is 0 Å². The molecule has 0 aliphatic rings. The number of pyridine rings is 1. The minimum Gasteiger partial charge on any atom is -0.258 e. The number of hydrogen-bond acceptors (Lipinski definition) is 1. The molecule has 1 rings (SSSR count). The maximum atomic E-state index is 11.8. The highest BCUT2D eigenvalue weighted by Crippen LogP contribution is 1.98. The lowest BCUT2D eigenvalue weighted by molar-refractivity contribution is 0.491. The summed E-state index contributed by atoms with van der Waals surface area (Å²) in [5, 5.41) is 0. The van der Waals surface area contributed by atoms with E-state index in [1.807, 2.05) is 25.1 Å². The van der Waals surface area contributed by atoms with Gasteiger partial charge in [0, 0.05) is 17.8 Å². The van der Waals surface area contributed by atoms with Crippen LogP contribution in [0, 0.1) is 6.92 Å². The van der Waals surface area contributed by atoms with Crippen molar-refractivity contribution in [2.75, 3.05) is 6.67 Å². The summed E-state index contributed by atoms with van der Waals surface area (Å²) in [6.45, 7) is 1.58. The Morgan fingerprint density at radius 1 is 1.50 bits per heavy atom. The standard InChI is InChI=1S/C8H10FN/c1-7-3-2-4-8(10-7)5-6-9/h2-4H,5-6H2,1H3. The largest absolute Gasteiger partial charge is 0.258 e. The van der Waals surface area contributed by atoms with Crippen LogP contribution in [0.15, 0.2) is 18.2 Å². The molecule has 2 heteroatoms. The van der Waals surface area contributed by atoms with E-state index in [1.165, 1.54) is 0 Å². The number of halogens is 1. The van der Waals surface area contributed by atoms with Gasteiger partial charge in [0.2, 0.25) is 0 Å². The maximum Gasteiger partial charge on any atom is 0.0949 e. The summed E-state index contributed by atoms with van der Waals surface area (Å²) in [5.74, 6) is 0. The lowest BCUT2D eigenvalue weighted by Gasteiger charge is -1.95. The Bertz CT molecular complexity index is 210. The molecule has 1 aromatic rings. The van der Waals surface area contributed by atoms with Crippen molar-refractivity contribution in [2.45, 2.75) is 13.3 Å². The molecule has 0 saturated heterocycles. The topological polar surface area (TPSA) is 12.9 Å². The van der Waals surface area contributed by atoms with Gasteiger partial charge in [-0.15, -0.1) is 0 Å². The Balaban J connectivity index is 2.75. The lowest BCUT2D eigenvalue weighted by Crippen LogP contribution is -1.92. The van der Waals surface area contributed by atoms with Crippen molar-refractivity contribution in [2.24, 2.45) is 0 Å². The minimum atomic E-state index is -0.323. The molecule has 0 atom stereocenters. The second-order valence-electron chi connectivity index (χ2n) is 2.21. The fraction of sp³-hybridized carbons (Fsp3) is 0.375. The average molecular weight is 139 g/mol. The summed E-state index contributed by atoms with van der Waals surface area (Å²) < 4.78 is 11.8. The van der Waals surface area contributed by atoms with E-state index in [9.17, 15) is 4.39 Å². The molecular formula is C8H10FN. The lowest BCUT2D eigenvalue weighted by atomic mass is 10.2. The van der Waals surface area contributed by atoms with Crippen molar-refractivity contribution in [1.82, 2.24) is 4.98 Å². The molecule has 0 spiro atoms. The third kappa shape index (κ3) is 1.79. The van der Waals surface area contributed by atoms with Crippen LogP contribution in [0.1, 0.15) is 11.4 Å². The summed E-state index contributed by atoms with van der Waals surface area (Å²) in [6, 6.07) is 5.64. The van der Waals surface area contributed by atoms with E-state index in [4.69, 9.17) is 0 Å². The Hall–Kier alpha value is -0.920. The first-order valence-electron chi connectivity index (χ1n) is 3.31. The molecule has 0 fully saturated rings. The van der Waals surface area contributed by atoms with Crippen molar-refractivity contribution in [3.05, 3.63) is 29.6 Å². The second kappa shape index (κ2) is 3.30. The molecule has 1 nitrogen and oxygen atoms in total. The van der Waals surface area contributed by atoms with Crippen LogP contribution >= 0.6 is 0 Å². The Morgan fingerprint density at radius 2 is 2.30 bits per heavy atom. The van der Waals surface area contributed by atoms with Gasteiger partial charge in [0.15, 0.2) is 0 Å². The van der Waals surface area contributed by atoms with Gasteiger partial charge in [-0.05, 0) is 19.1 Å². The molecule has 54 valence electrons. The molecule has 1 aromatic heterocycles. The van der Waals surface area contributed by atoms with Crippen LogP contribution in [0.3, 0.4) is 0 Å². The van der Waals surface area contributed by atoms with Gasteiger partial charge in [-0.1, -0.05) is 6.07 Å². The van der Waals surface area contributed by atoms with Crippen LogP contribution in [-0.4, -0.2) is 11.7 Å². The molecule has 0 aliphatic heterocycles. The van der Waals surface area contributed by atoms with Gasteiger partial charge in [0.25, 0.3) is 0 Å². The molecule has 0 N–H and O–H groups in total. The number of aromatic nitrogens is 1. The zero-order valence-corrected chi connectivity index (χ0v) is 5.97. The van der Waals surface area contributed by atoms with Gasteiger partial charge in [-0.25, -0.2) is 0 Å². The number of aryl methyl sites for hydroxylation is 2. The van der Waals surface area contributed by atoms with Gasteiger partial charge in [-0.3, -0.25) is 9.37 Å². The number of nitrogens with zero attached hydrogens (tertiary/aromatic N) is 1. The van der Waals surface area contributed by atoms with Crippen LogP contribution < -0.4 is 0 Å². The monoisotopic (exact) mass is 139 g/mol. The predicted octanol–water partition coefficient (Wildman–Crippen LogP) is 1.90. The van der Waals surface area contributed by atoms with Gasteiger partial charge < -0.3 is 0 Å². The summed E-state index contributed by atoms with van der Waals surface area (Å²) in [7, 11) is 0. The summed E-state index contributed by atoms with van der Waals surface area (Å²) in [5.41, 5.74) is 1.79. The smallest absolute Gasteiger partial charge is 0.0949 e. The van der Waals surface area contributed by atoms with Crippen LogP contribution in [0.25, 0.3) is 0 Å². The maximum absolute atomic E-state index is 11.8. The van der Waals surface area contributed by atoms with Crippen molar-refractivity contribution >= 4 is 0 Å². The van der Waals surface area contributed by atoms with E-state index in [0.717, 1.165) is 11.4 Å². The zero-order chi connectivity index (χ0) is 7.40. The molecule has 10 heavy (non-hydrogen) atoms. The van der Waals surface area contributed by atoms with Gasteiger partial charge in [0.1, 0.15) is 0 Å². The average Bonchev–Trinajstić information content (AvgIpc) is 1.88. The molecular weight excluding hydrogens is 129 g/mol. The van der Waals surface area contributed by atoms with Crippen molar-refractivity contribution in [3.63, 3.8) is 0 Å². The molecule has 0 saturated carbocycles. The van der Waals surface area contributed by atoms with E-state index in [2.05, 4.69) is 4.98 Å². The highest BCUT2D eigenvalue weighted by Gasteiger charge is 1.92. The second-order valence-corrected chi connectivity index (χ2v) is 2.21. The van der Waals surface area contributed by atoms with Gasteiger partial charge in [-0.2, -0.15) is 0 Å². The summed E-state index contributed by atoms with van der Waals surface area (Å²) >= 11 is 0. The van der Waals surface area contributed by atoms with Gasteiger partial charge >= 0.3 is 0 Å². The van der Waals surface area contributed by atoms with E-state index in [-0.39, 0.29) is 6.67 Å². The molecule has 0 aromatic carbocycles. The Morgan fingerprint density at radius 3 is 2.90 bits per heavy atom. The van der Waals surface area contributed by atoms with Gasteiger partial charge in [0.05, 0.1) is 6.67 Å². The molecule has 1 heterocycles. The summed E-state index contributed by atoms with van der Waals surface area (Å²) in [6.07, 6.45) is 0.432. The normalized spacial score (nSPS) is 9.80. The molecule has 0 bridgehead atoms. The first-order valence-corrected chi connectivity index (χ1v) is 3.31. The molecule has 0 amide bonds. The third-order valence-corrected chi connectivity index (χ3v) is 1.30. The van der Waals surface area contributed by atoms with E-state index in [1.54, 1.807) is 0 Å². The van der Waals surface area contributed by atoms with Crippen molar-refractivity contribution < 1.29 is 4.39 Å². The molecule has 0 aliphatic carbocycles. The quantitative estimate of drug-likeness (QED) is 0.609. The van der Waals surface area contributed by atoms with Crippen LogP contribution in [0.2, 0.25) is 0 Å². The predicted molar refractivity (Wildman–Crippen MR) is 38.7 cm³/mol. The van der Waals surface area contributed by atoms with E-state index in [0.29, 0.717) is 6.42 Å². The Labute approximate surface area is 59.9 Å². The third-order valence-electron chi connectivity index (χ3n) is 1.30. The number of alkyl halides is 1. The van der Waals surface area contributed by atoms with Crippen LogP contribution in [0.4, 0.5) is 4.39 Å². The molecule has 0 radical (unpaired) electrons. The van der Waals surface area contributed by atoms with E-state index >= 15 is 0 Å². The first kappa shape index (κ1) is 7.19. The number of hydrogen-bond donors (Lipinski definition) is 0. The van der Waals surface area contributed by atoms with E-state index < -0.39 is 0 Å². The first-order chi connectivity index (χ1) is 4.83. The van der Waals surface area contributed by atoms with Crippen LogP contribution in [-0.2, 0) is 6.42 Å². The highest BCUT2D eigenvalue weighted by molar-refractivity contribution is 5.09. The zero-order valence-electron chi connectivity index (χ0n) is 5.97. The van der Waals surface area contributed by atoms with Crippen molar-refractivity contribution in [1.29, 1.82) is 0 Å². The Kier molecular flexibility index (Phi) is 2.37. The number of rotatable bonds is 2.